The Morgan fingerprint density at radius 1 is 1.24 bits per heavy atom. The Morgan fingerprint density at radius 3 is 2.52 bits per heavy atom. The predicted octanol–water partition coefficient (Wildman–Crippen LogP) is 1.03. The first-order valence-corrected chi connectivity index (χ1v) is 6.43. The number of aromatic hydroxyl groups is 1. The summed E-state index contributed by atoms with van der Waals surface area (Å²) in [6.07, 6.45) is 0. The number of ether oxygens (including phenoxy) is 1. The topological polar surface area (TPSA) is 105 Å². The van der Waals surface area contributed by atoms with E-state index in [0.29, 0.717) is 6.54 Å². The molecule has 7 nitrogen and oxygen atoms in total. The molecule has 0 bridgehead atoms. The summed E-state index contributed by atoms with van der Waals surface area (Å²) >= 11 is 0. The maximum absolute atomic E-state index is 11.6. The van der Waals surface area contributed by atoms with E-state index < -0.39 is 24.5 Å². The number of nitrogens with one attached hydrogen (secondary N) is 2. The van der Waals surface area contributed by atoms with E-state index in [-0.39, 0.29) is 17.2 Å². The van der Waals surface area contributed by atoms with Gasteiger partial charge >= 0.3 is 12.0 Å². The number of imide groups is 1. The molecular weight excluding hydrogens is 276 g/mol. The second-order valence-electron chi connectivity index (χ2n) is 4.75. The molecule has 0 spiro atoms. The van der Waals surface area contributed by atoms with Crippen LogP contribution in [-0.4, -0.2) is 36.2 Å². The van der Waals surface area contributed by atoms with Gasteiger partial charge in [0.2, 0.25) is 0 Å². The smallest absolute Gasteiger partial charge is 0.342 e. The number of phenols is 1. The van der Waals surface area contributed by atoms with E-state index in [4.69, 9.17) is 4.74 Å². The average molecular weight is 294 g/mol. The molecule has 0 unspecified atom stereocenters. The molecule has 0 atom stereocenters. The summed E-state index contributed by atoms with van der Waals surface area (Å²) < 4.78 is 4.71. The van der Waals surface area contributed by atoms with Crippen molar-refractivity contribution >= 4 is 17.9 Å². The van der Waals surface area contributed by atoms with Crippen LogP contribution in [0.25, 0.3) is 0 Å². The summed E-state index contributed by atoms with van der Waals surface area (Å²) in [6, 6.07) is 5.15. The second kappa shape index (κ2) is 7.88. The summed E-state index contributed by atoms with van der Waals surface area (Å²) in [7, 11) is 0. The zero-order chi connectivity index (χ0) is 15.8. The number of carbonyl (C=O) groups is 3. The molecular formula is C14H18N2O5. The number of amides is 3. The first-order chi connectivity index (χ1) is 9.90. The molecule has 21 heavy (non-hydrogen) atoms. The largest absolute Gasteiger partial charge is 0.507 e. The maximum atomic E-state index is 11.6. The third-order valence-corrected chi connectivity index (χ3v) is 2.38. The molecule has 1 aromatic carbocycles. The lowest BCUT2D eigenvalue weighted by Gasteiger charge is -2.09. The quantitative estimate of drug-likeness (QED) is 0.703. The van der Waals surface area contributed by atoms with E-state index in [1.165, 1.54) is 12.1 Å². The van der Waals surface area contributed by atoms with E-state index in [1.54, 1.807) is 12.1 Å². The standard InChI is InChI=1S/C14H18N2O5/c1-9(2)7-15-14(20)16-12(18)8-21-13(19)10-5-3-4-6-11(10)17/h3-6,9,17H,7-8H2,1-2H3,(H2,15,16,18,20). The Hall–Kier alpha value is -2.57. The third-order valence-electron chi connectivity index (χ3n) is 2.38. The first kappa shape index (κ1) is 16.5. The molecule has 0 saturated heterocycles. The van der Waals surface area contributed by atoms with Crippen molar-refractivity contribution in [3.05, 3.63) is 29.8 Å². The minimum Gasteiger partial charge on any atom is -0.507 e. The molecule has 3 amide bonds. The SMILES string of the molecule is CC(C)CNC(=O)NC(=O)COC(=O)c1ccccc1O. The fourth-order valence-corrected chi connectivity index (χ4v) is 1.36. The number of benzene rings is 1. The zero-order valence-corrected chi connectivity index (χ0v) is 11.9. The molecule has 1 aromatic rings. The lowest BCUT2D eigenvalue weighted by Crippen LogP contribution is -2.42. The number of carbonyl (C=O) groups excluding carboxylic acids is 3. The Kier molecular flexibility index (Phi) is 6.19. The van der Waals surface area contributed by atoms with Gasteiger partial charge in [-0.25, -0.2) is 9.59 Å². The van der Waals surface area contributed by atoms with Gasteiger partial charge in [0.1, 0.15) is 11.3 Å². The highest BCUT2D eigenvalue weighted by molar-refractivity contribution is 5.97. The van der Waals surface area contributed by atoms with E-state index >= 15 is 0 Å². The number of para-hydroxylation sites is 1. The van der Waals surface area contributed by atoms with Crippen LogP contribution in [-0.2, 0) is 9.53 Å². The molecule has 0 aromatic heterocycles. The van der Waals surface area contributed by atoms with Crippen LogP contribution in [0.4, 0.5) is 4.79 Å². The fourth-order valence-electron chi connectivity index (χ4n) is 1.36. The van der Waals surface area contributed by atoms with Crippen LogP contribution in [0.15, 0.2) is 24.3 Å². The molecule has 0 radical (unpaired) electrons. The van der Waals surface area contributed by atoms with Gasteiger partial charge in [-0.05, 0) is 18.1 Å². The Balaban J connectivity index is 2.38. The van der Waals surface area contributed by atoms with Gasteiger partial charge < -0.3 is 15.2 Å². The molecule has 114 valence electrons. The van der Waals surface area contributed by atoms with Crippen LogP contribution in [0.2, 0.25) is 0 Å². The van der Waals surface area contributed by atoms with Gasteiger partial charge in [-0.1, -0.05) is 26.0 Å². The number of hydrogen-bond donors (Lipinski definition) is 3. The van der Waals surface area contributed by atoms with Gasteiger partial charge in [0.05, 0.1) is 0 Å². The van der Waals surface area contributed by atoms with E-state index in [0.717, 1.165) is 0 Å². The molecule has 0 fully saturated rings. The number of esters is 1. The van der Waals surface area contributed by atoms with E-state index in [2.05, 4.69) is 5.32 Å². The summed E-state index contributed by atoms with van der Waals surface area (Å²) in [5.74, 6) is -1.58. The van der Waals surface area contributed by atoms with Gasteiger partial charge in [0, 0.05) is 6.54 Å². The highest BCUT2D eigenvalue weighted by Gasteiger charge is 2.14. The Labute approximate surface area is 122 Å². The molecule has 0 saturated carbocycles. The number of rotatable bonds is 5. The number of urea groups is 1. The van der Waals surface area contributed by atoms with Gasteiger partial charge in [-0.3, -0.25) is 10.1 Å². The van der Waals surface area contributed by atoms with Crippen LogP contribution < -0.4 is 10.6 Å². The maximum Gasteiger partial charge on any atom is 0.342 e. The monoisotopic (exact) mass is 294 g/mol. The van der Waals surface area contributed by atoms with Crippen molar-refractivity contribution in [2.24, 2.45) is 5.92 Å². The van der Waals surface area contributed by atoms with Crippen LogP contribution in [0.3, 0.4) is 0 Å². The normalized spacial score (nSPS) is 10.0. The second-order valence-corrected chi connectivity index (χ2v) is 4.75. The lowest BCUT2D eigenvalue weighted by atomic mass is 10.2. The summed E-state index contributed by atoms with van der Waals surface area (Å²) in [6.45, 7) is 3.64. The third kappa shape index (κ3) is 5.94. The van der Waals surface area contributed by atoms with Gasteiger partial charge in [-0.2, -0.15) is 0 Å². The molecule has 0 aliphatic heterocycles. The number of hydrogen-bond acceptors (Lipinski definition) is 5. The van der Waals surface area contributed by atoms with Crippen molar-refractivity contribution in [1.29, 1.82) is 0 Å². The van der Waals surface area contributed by atoms with Crippen molar-refractivity contribution in [2.75, 3.05) is 13.2 Å². The van der Waals surface area contributed by atoms with Gasteiger partial charge in [0.25, 0.3) is 5.91 Å². The highest BCUT2D eigenvalue weighted by Crippen LogP contribution is 2.16. The minimum absolute atomic E-state index is 0.0467. The molecule has 0 heterocycles. The van der Waals surface area contributed by atoms with Crippen LogP contribution >= 0.6 is 0 Å². The molecule has 0 aliphatic rings. The van der Waals surface area contributed by atoms with Crippen molar-refractivity contribution in [2.45, 2.75) is 13.8 Å². The van der Waals surface area contributed by atoms with Crippen LogP contribution in [0, 0.1) is 5.92 Å². The van der Waals surface area contributed by atoms with Crippen molar-refractivity contribution in [3.63, 3.8) is 0 Å². The van der Waals surface area contributed by atoms with Crippen LogP contribution in [0.1, 0.15) is 24.2 Å². The summed E-state index contributed by atoms with van der Waals surface area (Å²) in [5, 5.41) is 14.0. The van der Waals surface area contributed by atoms with Crippen LogP contribution in [0.5, 0.6) is 5.75 Å². The average Bonchev–Trinajstić information content (AvgIpc) is 2.43. The molecule has 3 N–H and O–H groups in total. The minimum atomic E-state index is -0.842. The summed E-state index contributed by atoms with van der Waals surface area (Å²) in [4.78, 5) is 34.3. The predicted molar refractivity (Wildman–Crippen MR) is 74.8 cm³/mol. The first-order valence-electron chi connectivity index (χ1n) is 6.43. The van der Waals surface area contributed by atoms with Crippen molar-refractivity contribution in [3.8, 4) is 5.75 Å². The molecule has 1 rings (SSSR count). The number of phenolic OH excluding ortho intramolecular Hbond substituents is 1. The molecule has 0 aliphatic carbocycles. The van der Waals surface area contributed by atoms with Gasteiger partial charge in [-0.15, -0.1) is 0 Å². The Morgan fingerprint density at radius 2 is 1.90 bits per heavy atom. The van der Waals surface area contributed by atoms with E-state index in [1.807, 2.05) is 19.2 Å². The van der Waals surface area contributed by atoms with Gasteiger partial charge in [0.15, 0.2) is 6.61 Å². The van der Waals surface area contributed by atoms with E-state index in [9.17, 15) is 19.5 Å². The summed E-state index contributed by atoms with van der Waals surface area (Å²) in [5.41, 5.74) is -0.0467. The zero-order valence-electron chi connectivity index (χ0n) is 11.9. The fraction of sp³-hybridized carbons (Fsp3) is 0.357. The highest BCUT2D eigenvalue weighted by atomic mass is 16.5. The van der Waals surface area contributed by atoms with Crippen molar-refractivity contribution in [1.82, 2.24) is 10.6 Å². The lowest BCUT2D eigenvalue weighted by molar-refractivity contribution is -0.123. The molecule has 7 heteroatoms. The Bertz CT molecular complexity index is 528. The van der Waals surface area contributed by atoms with Crippen molar-refractivity contribution < 1.29 is 24.2 Å².